The highest BCUT2D eigenvalue weighted by molar-refractivity contribution is 7.81. The van der Waals surface area contributed by atoms with E-state index in [1.807, 2.05) is 36.4 Å². The molecule has 0 radical (unpaired) electrons. The normalized spacial score (nSPS) is 14.4. The first kappa shape index (κ1) is 18.3. The molecule has 0 saturated heterocycles. The van der Waals surface area contributed by atoms with Crippen molar-refractivity contribution in [3.8, 4) is 0 Å². The van der Waals surface area contributed by atoms with Crippen molar-refractivity contribution in [1.29, 1.82) is 0 Å². The van der Waals surface area contributed by atoms with Gasteiger partial charge in [0, 0.05) is 29.5 Å². The molecule has 0 amide bonds. The summed E-state index contributed by atoms with van der Waals surface area (Å²) in [6.45, 7) is 0. The van der Waals surface area contributed by atoms with Gasteiger partial charge in [0.1, 0.15) is 5.76 Å². The second-order valence-electron chi connectivity index (χ2n) is 6.05. The van der Waals surface area contributed by atoms with Crippen LogP contribution in [0.2, 0.25) is 0 Å². The number of thiocarbonyl (C=S) groups is 1. The van der Waals surface area contributed by atoms with Crippen molar-refractivity contribution in [2.75, 3.05) is 5.43 Å². The number of hydrogen-bond donors (Lipinski definition) is 2. The molecular formula is C20H15N3O3S2. The quantitative estimate of drug-likeness (QED) is 0.332. The Morgan fingerprint density at radius 3 is 3.00 bits per heavy atom. The Bertz CT molecular complexity index is 1120. The van der Waals surface area contributed by atoms with E-state index in [1.165, 1.54) is 6.07 Å². The predicted molar refractivity (Wildman–Crippen MR) is 115 cm³/mol. The molecule has 6 nitrogen and oxygen atoms in total. The molecule has 0 aliphatic heterocycles. The van der Waals surface area contributed by atoms with Gasteiger partial charge in [-0.25, -0.2) is 9.78 Å². The minimum atomic E-state index is -1.10. The molecule has 1 aliphatic rings. The third kappa shape index (κ3) is 3.92. The lowest BCUT2D eigenvalue weighted by Crippen LogP contribution is -2.03. The van der Waals surface area contributed by atoms with Crippen molar-refractivity contribution >= 4 is 61.5 Å². The summed E-state index contributed by atoms with van der Waals surface area (Å²) in [6.07, 6.45) is 6.94. The SMILES string of the molecule is O=C(O)c1ccc(C2=CC(CC=NNc3nc4ccccc4s3)=CCC2=S)o1. The minimum absolute atomic E-state index is 0.101. The van der Waals surface area contributed by atoms with Crippen LogP contribution in [0.5, 0.6) is 0 Å². The summed E-state index contributed by atoms with van der Waals surface area (Å²) in [5.74, 6) is -0.730. The average Bonchev–Trinajstić information content (AvgIpc) is 3.33. The molecule has 0 fully saturated rings. The van der Waals surface area contributed by atoms with E-state index in [1.54, 1.807) is 23.6 Å². The first-order chi connectivity index (χ1) is 13.6. The number of benzene rings is 1. The zero-order valence-electron chi connectivity index (χ0n) is 14.6. The Labute approximate surface area is 169 Å². The first-order valence-corrected chi connectivity index (χ1v) is 9.73. The van der Waals surface area contributed by atoms with Crippen LogP contribution in [0, 0.1) is 0 Å². The maximum atomic E-state index is 11.0. The predicted octanol–water partition coefficient (Wildman–Crippen LogP) is 5.16. The van der Waals surface area contributed by atoms with Crippen molar-refractivity contribution in [3.63, 3.8) is 0 Å². The topological polar surface area (TPSA) is 87.7 Å². The van der Waals surface area contributed by atoms with Gasteiger partial charge in [0.25, 0.3) is 0 Å². The number of anilines is 1. The highest BCUT2D eigenvalue weighted by atomic mass is 32.1. The van der Waals surface area contributed by atoms with Gasteiger partial charge in [-0.05, 0) is 35.9 Å². The van der Waals surface area contributed by atoms with Crippen LogP contribution in [0.4, 0.5) is 5.13 Å². The lowest BCUT2D eigenvalue weighted by atomic mass is 9.96. The number of para-hydroxylation sites is 1. The van der Waals surface area contributed by atoms with Crippen LogP contribution in [0.3, 0.4) is 0 Å². The van der Waals surface area contributed by atoms with Gasteiger partial charge in [-0.15, -0.1) is 0 Å². The zero-order valence-corrected chi connectivity index (χ0v) is 16.2. The molecule has 2 aromatic heterocycles. The number of rotatable bonds is 6. The number of thiazole rings is 1. The molecule has 28 heavy (non-hydrogen) atoms. The van der Waals surface area contributed by atoms with E-state index in [0.717, 1.165) is 31.4 Å². The van der Waals surface area contributed by atoms with Gasteiger partial charge >= 0.3 is 5.97 Å². The number of hydrazone groups is 1. The Kier molecular flexibility index (Phi) is 5.14. The van der Waals surface area contributed by atoms with E-state index < -0.39 is 5.97 Å². The maximum absolute atomic E-state index is 11.0. The van der Waals surface area contributed by atoms with Crippen LogP contribution in [0.15, 0.2) is 63.6 Å². The van der Waals surface area contributed by atoms with Gasteiger partial charge in [-0.1, -0.05) is 41.8 Å². The number of nitrogens with zero attached hydrogens (tertiary/aromatic N) is 2. The Balaban J connectivity index is 1.42. The zero-order chi connectivity index (χ0) is 19.5. The lowest BCUT2D eigenvalue weighted by molar-refractivity contribution is 0.0662. The number of aromatic nitrogens is 1. The Morgan fingerprint density at radius 1 is 1.36 bits per heavy atom. The number of carbonyl (C=O) groups is 1. The highest BCUT2D eigenvalue weighted by Crippen LogP contribution is 2.28. The van der Waals surface area contributed by atoms with Gasteiger partial charge in [0.2, 0.25) is 10.9 Å². The summed E-state index contributed by atoms with van der Waals surface area (Å²) in [7, 11) is 0. The van der Waals surface area contributed by atoms with E-state index in [9.17, 15) is 4.79 Å². The number of nitrogens with one attached hydrogen (secondary N) is 1. The van der Waals surface area contributed by atoms with Crippen LogP contribution in [-0.2, 0) is 0 Å². The first-order valence-electron chi connectivity index (χ1n) is 8.51. The maximum Gasteiger partial charge on any atom is 0.371 e. The van der Waals surface area contributed by atoms with Crippen LogP contribution >= 0.6 is 23.6 Å². The summed E-state index contributed by atoms with van der Waals surface area (Å²) >= 11 is 6.94. The fourth-order valence-corrected chi connectivity index (χ4v) is 3.84. The molecule has 140 valence electrons. The number of carboxylic acid groups (broad SMARTS) is 1. The number of allylic oxidation sites excluding steroid dienone is 4. The molecule has 8 heteroatoms. The van der Waals surface area contributed by atoms with Crippen molar-refractivity contribution in [2.45, 2.75) is 12.8 Å². The van der Waals surface area contributed by atoms with E-state index >= 15 is 0 Å². The van der Waals surface area contributed by atoms with Crippen molar-refractivity contribution in [3.05, 3.63) is 65.6 Å². The van der Waals surface area contributed by atoms with Gasteiger partial charge in [0.15, 0.2) is 0 Å². The molecule has 0 spiro atoms. The summed E-state index contributed by atoms with van der Waals surface area (Å²) in [5.41, 5.74) is 5.68. The van der Waals surface area contributed by atoms with Crippen molar-refractivity contribution < 1.29 is 14.3 Å². The molecule has 2 N–H and O–H groups in total. The number of furan rings is 1. The van der Waals surface area contributed by atoms with Gasteiger partial charge < -0.3 is 9.52 Å². The van der Waals surface area contributed by atoms with Gasteiger partial charge in [-0.2, -0.15) is 5.10 Å². The second kappa shape index (κ2) is 7.87. The molecule has 1 aliphatic carbocycles. The highest BCUT2D eigenvalue weighted by Gasteiger charge is 2.18. The molecular weight excluding hydrogens is 394 g/mol. The average molecular weight is 409 g/mol. The summed E-state index contributed by atoms with van der Waals surface area (Å²) < 4.78 is 6.49. The largest absolute Gasteiger partial charge is 0.475 e. The molecule has 0 atom stereocenters. The van der Waals surface area contributed by atoms with Crippen LogP contribution in [0.1, 0.15) is 29.2 Å². The Morgan fingerprint density at radius 2 is 2.21 bits per heavy atom. The molecule has 0 unspecified atom stereocenters. The van der Waals surface area contributed by atoms with E-state index in [2.05, 4.69) is 15.5 Å². The van der Waals surface area contributed by atoms with Gasteiger partial charge in [-0.3, -0.25) is 5.43 Å². The minimum Gasteiger partial charge on any atom is -0.475 e. The molecule has 1 aromatic carbocycles. The van der Waals surface area contributed by atoms with E-state index in [4.69, 9.17) is 21.7 Å². The number of fused-ring (bicyclic) bond motifs is 1. The van der Waals surface area contributed by atoms with Crippen molar-refractivity contribution in [2.24, 2.45) is 5.10 Å². The Hall–Kier alpha value is -3.10. The van der Waals surface area contributed by atoms with Crippen molar-refractivity contribution in [1.82, 2.24) is 4.98 Å². The monoisotopic (exact) mass is 409 g/mol. The lowest BCUT2D eigenvalue weighted by Gasteiger charge is -2.12. The summed E-state index contributed by atoms with van der Waals surface area (Å²) in [5, 5.41) is 14.0. The number of hydrogen-bond acceptors (Lipinski definition) is 7. The van der Waals surface area contributed by atoms with E-state index in [0.29, 0.717) is 18.6 Å². The smallest absolute Gasteiger partial charge is 0.371 e. The fourth-order valence-electron chi connectivity index (χ4n) is 2.78. The molecule has 2 heterocycles. The second-order valence-corrected chi connectivity index (χ2v) is 7.57. The molecule has 4 rings (SSSR count). The van der Waals surface area contributed by atoms with Crippen LogP contribution in [-0.4, -0.2) is 27.1 Å². The van der Waals surface area contributed by atoms with E-state index in [-0.39, 0.29) is 5.76 Å². The molecule has 0 saturated carbocycles. The van der Waals surface area contributed by atoms with Crippen LogP contribution < -0.4 is 5.43 Å². The third-order valence-corrected chi connectivity index (χ3v) is 5.46. The summed E-state index contributed by atoms with van der Waals surface area (Å²) in [6, 6.07) is 11.0. The molecule has 0 bridgehead atoms. The summed E-state index contributed by atoms with van der Waals surface area (Å²) in [4.78, 5) is 16.2. The number of carboxylic acids is 1. The third-order valence-electron chi connectivity index (χ3n) is 4.13. The van der Waals surface area contributed by atoms with Crippen LogP contribution in [0.25, 0.3) is 15.8 Å². The standard InChI is InChI=1S/C20H15N3O3S2/c24-19(25)16-7-6-15(26-16)13-11-12(5-8-17(13)27)9-10-21-23-20-22-14-3-1-2-4-18(14)28-20/h1-7,10-11H,8-9H2,(H,22,23)(H,24,25). The molecule has 3 aromatic rings. The van der Waals surface area contributed by atoms with Gasteiger partial charge in [0.05, 0.1) is 10.2 Å². The number of aromatic carboxylic acids is 1. The fraction of sp³-hybridized carbons (Fsp3) is 0.100.